The average molecular weight is 211 g/mol. The minimum Gasteiger partial charge on any atom is -0.396 e. The molecule has 3 nitrogen and oxygen atoms in total. The third-order valence-electron chi connectivity index (χ3n) is 2.28. The van der Waals surface area contributed by atoms with Crippen LogP contribution < -0.4 is 0 Å². The summed E-state index contributed by atoms with van der Waals surface area (Å²) in [6, 6.07) is 5.85. The van der Waals surface area contributed by atoms with E-state index in [9.17, 15) is 0 Å². The number of benzene rings is 1. The highest BCUT2D eigenvalue weighted by molar-refractivity contribution is 6.34. The van der Waals surface area contributed by atoms with E-state index < -0.39 is 0 Å². The maximum absolute atomic E-state index is 8.91. The fraction of sp³-hybridized carbons (Fsp3) is 0.300. The fourth-order valence-electron chi connectivity index (χ4n) is 1.70. The molecule has 2 rings (SSSR count). The van der Waals surface area contributed by atoms with Gasteiger partial charge in [0.25, 0.3) is 0 Å². The fourth-order valence-corrected chi connectivity index (χ4v) is 1.96. The monoisotopic (exact) mass is 210 g/mol. The molecular formula is C10H11ClN2O. The van der Waals surface area contributed by atoms with Crippen molar-refractivity contribution in [1.82, 2.24) is 9.78 Å². The minimum atomic E-state index is 0.141. The third-order valence-corrected chi connectivity index (χ3v) is 2.56. The number of aliphatic hydroxyl groups excluding tert-OH is 1. The number of hydrogen-bond acceptors (Lipinski definition) is 2. The van der Waals surface area contributed by atoms with Gasteiger partial charge in [0.1, 0.15) is 0 Å². The zero-order valence-electron chi connectivity index (χ0n) is 7.87. The number of nitrogens with zero attached hydrogens (tertiary/aromatic N) is 2. The van der Waals surface area contributed by atoms with Crippen molar-refractivity contribution in [3.05, 3.63) is 28.9 Å². The molecule has 0 radical (unpaired) electrons. The van der Waals surface area contributed by atoms with Crippen LogP contribution in [0.2, 0.25) is 5.15 Å². The molecule has 1 aromatic carbocycles. The van der Waals surface area contributed by atoms with E-state index in [0.717, 1.165) is 16.5 Å². The van der Waals surface area contributed by atoms with Crippen LogP contribution in [0, 0.1) is 0 Å². The molecule has 0 saturated heterocycles. The van der Waals surface area contributed by atoms with Gasteiger partial charge in [0.2, 0.25) is 0 Å². The zero-order valence-corrected chi connectivity index (χ0v) is 8.62. The Hall–Kier alpha value is -1.06. The molecule has 0 aliphatic rings. The van der Waals surface area contributed by atoms with Crippen molar-refractivity contribution in [3.63, 3.8) is 0 Å². The Labute approximate surface area is 86.9 Å². The molecule has 0 fully saturated rings. The molecule has 0 unspecified atom stereocenters. The summed E-state index contributed by atoms with van der Waals surface area (Å²) >= 11 is 5.96. The number of halogens is 1. The molecule has 0 bridgehead atoms. The van der Waals surface area contributed by atoms with Gasteiger partial charge in [0, 0.05) is 19.0 Å². The second-order valence-electron chi connectivity index (χ2n) is 3.20. The first-order valence-electron chi connectivity index (χ1n) is 4.45. The lowest BCUT2D eigenvalue weighted by atomic mass is 10.1. The SMILES string of the molecule is Cn1nc(Cl)c2cccc(CCO)c21. The van der Waals surface area contributed by atoms with Crippen molar-refractivity contribution < 1.29 is 5.11 Å². The number of aryl methyl sites for hydroxylation is 1. The number of aromatic nitrogens is 2. The standard InChI is InChI=1S/C10H11ClN2O/c1-13-9-7(5-6-14)3-2-4-8(9)10(11)12-13/h2-4,14H,5-6H2,1H3. The van der Waals surface area contributed by atoms with Crippen LogP contribution in [0.25, 0.3) is 10.9 Å². The van der Waals surface area contributed by atoms with E-state index in [0.29, 0.717) is 11.6 Å². The molecule has 4 heteroatoms. The van der Waals surface area contributed by atoms with Gasteiger partial charge in [-0.05, 0) is 18.1 Å². The third kappa shape index (κ3) is 1.38. The first-order valence-corrected chi connectivity index (χ1v) is 4.83. The van der Waals surface area contributed by atoms with Gasteiger partial charge in [-0.15, -0.1) is 0 Å². The van der Waals surface area contributed by atoms with Crippen molar-refractivity contribution >= 4 is 22.5 Å². The van der Waals surface area contributed by atoms with Gasteiger partial charge >= 0.3 is 0 Å². The molecule has 0 saturated carbocycles. The molecule has 2 aromatic rings. The molecule has 14 heavy (non-hydrogen) atoms. The Morgan fingerprint density at radius 2 is 2.29 bits per heavy atom. The van der Waals surface area contributed by atoms with Gasteiger partial charge < -0.3 is 5.11 Å². The highest BCUT2D eigenvalue weighted by Gasteiger charge is 2.09. The Kier molecular flexibility index (Phi) is 2.44. The summed E-state index contributed by atoms with van der Waals surface area (Å²) in [6.07, 6.45) is 0.632. The maximum atomic E-state index is 8.91. The topological polar surface area (TPSA) is 38.0 Å². The smallest absolute Gasteiger partial charge is 0.158 e. The number of hydrogen-bond donors (Lipinski definition) is 1. The van der Waals surface area contributed by atoms with Crippen LogP contribution in [0.1, 0.15) is 5.56 Å². The van der Waals surface area contributed by atoms with E-state index in [2.05, 4.69) is 5.10 Å². The van der Waals surface area contributed by atoms with Gasteiger partial charge in [-0.25, -0.2) is 0 Å². The second-order valence-corrected chi connectivity index (χ2v) is 3.56. The number of aliphatic hydroxyl groups is 1. The van der Waals surface area contributed by atoms with Crippen LogP contribution in [0.5, 0.6) is 0 Å². The molecule has 0 spiro atoms. The largest absolute Gasteiger partial charge is 0.396 e. The molecule has 74 valence electrons. The molecule has 1 N–H and O–H groups in total. The molecule has 0 atom stereocenters. The summed E-state index contributed by atoms with van der Waals surface area (Å²) in [5.41, 5.74) is 2.08. The van der Waals surface area contributed by atoms with E-state index in [1.165, 1.54) is 0 Å². The van der Waals surface area contributed by atoms with E-state index in [1.54, 1.807) is 4.68 Å². The van der Waals surface area contributed by atoms with Crippen molar-refractivity contribution in [3.8, 4) is 0 Å². The predicted molar refractivity (Wildman–Crippen MR) is 56.5 cm³/mol. The van der Waals surface area contributed by atoms with Gasteiger partial charge in [-0.1, -0.05) is 23.7 Å². The Balaban J connectivity index is 2.72. The summed E-state index contributed by atoms with van der Waals surface area (Å²) in [6.45, 7) is 0.141. The van der Waals surface area contributed by atoms with Crippen LogP contribution in [0.15, 0.2) is 18.2 Å². The van der Waals surface area contributed by atoms with Crippen LogP contribution in [0.3, 0.4) is 0 Å². The zero-order chi connectivity index (χ0) is 10.1. The second kappa shape index (κ2) is 3.59. The van der Waals surface area contributed by atoms with Gasteiger partial charge in [0.05, 0.1) is 5.52 Å². The van der Waals surface area contributed by atoms with Crippen LogP contribution in [0.4, 0.5) is 0 Å². The van der Waals surface area contributed by atoms with Gasteiger partial charge in [-0.2, -0.15) is 5.10 Å². The van der Waals surface area contributed by atoms with E-state index in [1.807, 2.05) is 25.2 Å². The van der Waals surface area contributed by atoms with Crippen LogP contribution >= 0.6 is 11.6 Å². The summed E-state index contributed by atoms with van der Waals surface area (Å²) in [5.74, 6) is 0. The molecule has 0 aliphatic carbocycles. The van der Waals surface area contributed by atoms with Crippen molar-refractivity contribution in [2.24, 2.45) is 7.05 Å². The highest BCUT2D eigenvalue weighted by atomic mass is 35.5. The Morgan fingerprint density at radius 3 is 3.00 bits per heavy atom. The number of rotatable bonds is 2. The highest BCUT2D eigenvalue weighted by Crippen LogP contribution is 2.25. The Bertz CT molecular complexity index is 464. The lowest BCUT2D eigenvalue weighted by Crippen LogP contribution is -1.96. The first-order chi connectivity index (χ1) is 6.74. The normalized spacial score (nSPS) is 11.1. The van der Waals surface area contributed by atoms with Crippen LogP contribution in [-0.2, 0) is 13.5 Å². The predicted octanol–water partition coefficient (Wildman–Crippen LogP) is 1.76. The van der Waals surface area contributed by atoms with E-state index >= 15 is 0 Å². The minimum absolute atomic E-state index is 0.141. The lowest BCUT2D eigenvalue weighted by molar-refractivity contribution is 0.300. The quantitative estimate of drug-likeness (QED) is 0.821. The summed E-state index contributed by atoms with van der Waals surface area (Å²) < 4.78 is 1.75. The average Bonchev–Trinajstić information content (AvgIpc) is 2.44. The van der Waals surface area contributed by atoms with Gasteiger partial charge in [0.15, 0.2) is 5.15 Å². The summed E-state index contributed by atoms with van der Waals surface area (Å²) in [4.78, 5) is 0. The van der Waals surface area contributed by atoms with Crippen LogP contribution in [-0.4, -0.2) is 21.5 Å². The van der Waals surface area contributed by atoms with E-state index in [4.69, 9.17) is 16.7 Å². The number of fused-ring (bicyclic) bond motifs is 1. The maximum Gasteiger partial charge on any atom is 0.158 e. The molecular weight excluding hydrogens is 200 g/mol. The Morgan fingerprint density at radius 1 is 1.50 bits per heavy atom. The molecule has 0 amide bonds. The summed E-state index contributed by atoms with van der Waals surface area (Å²) in [5, 5.41) is 14.5. The van der Waals surface area contributed by atoms with Crippen molar-refractivity contribution in [2.75, 3.05) is 6.61 Å². The van der Waals surface area contributed by atoms with Gasteiger partial charge in [-0.3, -0.25) is 4.68 Å². The molecule has 1 heterocycles. The lowest BCUT2D eigenvalue weighted by Gasteiger charge is -2.02. The summed E-state index contributed by atoms with van der Waals surface area (Å²) in [7, 11) is 1.86. The van der Waals surface area contributed by atoms with Crippen molar-refractivity contribution in [2.45, 2.75) is 6.42 Å². The molecule has 0 aliphatic heterocycles. The van der Waals surface area contributed by atoms with E-state index in [-0.39, 0.29) is 6.61 Å². The number of para-hydroxylation sites is 1. The molecule has 1 aromatic heterocycles. The first kappa shape index (κ1) is 9.49. The van der Waals surface area contributed by atoms with Crippen molar-refractivity contribution in [1.29, 1.82) is 0 Å².